The smallest absolute Gasteiger partial charge is 0.133 e. The van der Waals surface area contributed by atoms with Gasteiger partial charge >= 0.3 is 0 Å². The third kappa shape index (κ3) is 8.74. The molecule has 0 N–H and O–H groups in total. The van der Waals surface area contributed by atoms with Crippen molar-refractivity contribution in [3.63, 3.8) is 0 Å². The lowest BCUT2D eigenvalue weighted by molar-refractivity contribution is -0.121. The first-order valence-corrected chi connectivity index (χ1v) is 12.6. The van der Waals surface area contributed by atoms with Crippen LogP contribution in [-0.2, 0) is 22.4 Å². The zero-order valence-corrected chi connectivity index (χ0v) is 19.8. The number of aryl methyl sites for hydroxylation is 3. The summed E-state index contributed by atoms with van der Waals surface area (Å²) in [6.45, 7) is 6.61. The van der Waals surface area contributed by atoms with Gasteiger partial charge in [-0.05, 0) is 67.6 Å². The molecular weight excluding hydrogens is 368 g/mol. The lowest BCUT2D eigenvalue weighted by Gasteiger charge is -2.31. The van der Waals surface area contributed by atoms with Gasteiger partial charge in [-0.25, -0.2) is 0 Å². The second kappa shape index (κ2) is 13.8. The van der Waals surface area contributed by atoms with Gasteiger partial charge in [0.15, 0.2) is 0 Å². The summed E-state index contributed by atoms with van der Waals surface area (Å²) in [6.07, 6.45) is 15.3. The van der Waals surface area contributed by atoms with Crippen molar-refractivity contribution in [2.24, 2.45) is 11.8 Å². The minimum Gasteiger partial charge on any atom is -0.300 e. The first kappa shape index (κ1) is 24.8. The molecule has 1 fully saturated rings. The average molecular weight is 413 g/mol. The van der Waals surface area contributed by atoms with E-state index in [-0.39, 0.29) is 0 Å². The van der Waals surface area contributed by atoms with E-state index in [9.17, 15) is 9.59 Å². The molecule has 2 atom stereocenters. The fourth-order valence-electron chi connectivity index (χ4n) is 5.20. The van der Waals surface area contributed by atoms with E-state index < -0.39 is 0 Å². The minimum absolute atomic E-state index is 0.322. The van der Waals surface area contributed by atoms with Crippen LogP contribution in [0.4, 0.5) is 0 Å². The SMILES string of the molecule is CCCCC1CCCCC1CC(=O)CCCC(=O)CCCc1ccc(CC)c(C)c1. The molecule has 168 valence electrons. The van der Waals surface area contributed by atoms with Crippen molar-refractivity contribution < 1.29 is 9.59 Å². The lowest BCUT2D eigenvalue weighted by atomic mass is 9.74. The zero-order chi connectivity index (χ0) is 21.8. The van der Waals surface area contributed by atoms with Gasteiger partial charge in [-0.3, -0.25) is 9.59 Å². The number of benzene rings is 1. The average Bonchev–Trinajstić information content (AvgIpc) is 2.73. The predicted molar refractivity (Wildman–Crippen MR) is 127 cm³/mol. The molecule has 2 unspecified atom stereocenters. The molecule has 0 amide bonds. The van der Waals surface area contributed by atoms with Crippen LogP contribution in [0.2, 0.25) is 0 Å². The Morgan fingerprint density at radius 1 is 0.900 bits per heavy atom. The number of Topliss-reactive ketones (excluding diaryl/α,β-unsaturated/α-hetero) is 2. The maximum atomic E-state index is 12.5. The number of carbonyl (C=O) groups is 2. The van der Waals surface area contributed by atoms with E-state index in [0.29, 0.717) is 36.7 Å². The zero-order valence-electron chi connectivity index (χ0n) is 19.8. The molecule has 0 saturated heterocycles. The van der Waals surface area contributed by atoms with Gasteiger partial charge in [0, 0.05) is 25.7 Å². The Balaban J connectivity index is 1.61. The molecule has 1 aromatic rings. The summed E-state index contributed by atoms with van der Waals surface area (Å²) >= 11 is 0. The number of ketones is 2. The van der Waals surface area contributed by atoms with E-state index in [1.165, 1.54) is 61.6 Å². The van der Waals surface area contributed by atoms with Crippen molar-refractivity contribution in [3.05, 3.63) is 34.9 Å². The third-order valence-electron chi connectivity index (χ3n) is 7.11. The summed E-state index contributed by atoms with van der Waals surface area (Å²) < 4.78 is 0. The molecule has 1 aliphatic rings. The Labute approximate surface area is 185 Å². The summed E-state index contributed by atoms with van der Waals surface area (Å²) in [6, 6.07) is 6.69. The topological polar surface area (TPSA) is 34.1 Å². The predicted octanol–water partition coefficient (Wildman–Crippen LogP) is 7.58. The maximum Gasteiger partial charge on any atom is 0.133 e. The van der Waals surface area contributed by atoms with Gasteiger partial charge in [0.2, 0.25) is 0 Å². The second-order valence-corrected chi connectivity index (χ2v) is 9.55. The van der Waals surface area contributed by atoms with Crippen LogP contribution >= 0.6 is 0 Å². The molecule has 0 spiro atoms. The highest BCUT2D eigenvalue weighted by atomic mass is 16.1. The third-order valence-corrected chi connectivity index (χ3v) is 7.11. The molecule has 0 aromatic heterocycles. The molecule has 2 nitrogen and oxygen atoms in total. The van der Waals surface area contributed by atoms with Crippen LogP contribution in [0, 0.1) is 18.8 Å². The van der Waals surface area contributed by atoms with Crippen molar-refractivity contribution >= 4 is 11.6 Å². The summed E-state index contributed by atoms with van der Waals surface area (Å²) in [5, 5.41) is 0. The van der Waals surface area contributed by atoms with E-state index in [1.807, 2.05) is 0 Å². The van der Waals surface area contributed by atoms with Gasteiger partial charge in [0.05, 0.1) is 0 Å². The Bertz CT molecular complexity index is 661. The molecule has 30 heavy (non-hydrogen) atoms. The minimum atomic E-state index is 0.322. The molecule has 2 rings (SSSR count). The van der Waals surface area contributed by atoms with Crippen LogP contribution in [0.15, 0.2) is 18.2 Å². The van der Waals surface area contributed by atoms with Gasteiger partial charge in [-0.2, -0.15) is 0 Å². The summed E-state index contributed by atoms with van der Waals surface area (Å²) in [5.74, 6) is 2.08. The van der Waals surface area contributed by atoms with Crippen LogP contribution in [-0.4, -0.2) is 11.6 Å². The Kier molecular flexibility index (Phi) is 11.4. The summed E-state index contributed by atoms with van der Waals surface area (Å²) in [7, 11) is 0. The van der Waals surface area contributed by atoms with Crippen LogP contribution in [0.1, 0.15) is 114 Å². The van der Waals surface area contributed by atoms with E-state index in [4.69, 9.17) is 0 Å². The number of rotatable bonds is 14. The highest BCUT2D eigenvalue weighted by Crippen LogP contribution is 2.36. The Hall–Kier alpha value is -1.44. The normalized spacial score (nSPS) is 19.0. The van der Waals surface area contributed by atoms with Crippen molar-refractivity contribution in [2.75, 3.05) is 0 Å². The molecule has 0 aliphatic heterocycles. The van der Waals surface area contributed by atoms with Gasteiger partial charge < -0.3 is 0 Å². The van der Waals surface area contributed by atoms with E-state index in [0.717, 1.165) is 38.0 Å². The Morgan fingerprint density at radius 2 is 1.60 bits per heavy atom. The molecule has 1 saturated carbocycles. The van der Waals surface area contributed by atoms with Crippen molar-refractivity contribution in [3.8, 4) is 0 Å². The summed E-state index contributed by atoms with van der Waals surface area (Å²) in [5.41, 5.74) is 4.09. The number of carbonyl (C=O) groups excluding carboxylic acids is 2. The van der Waals surface area contributed by atoms with Gasteiger partial charge in [0.1, 0.15) is 11.6 Å². The van der Waals surface area contributed by atoms with E-state index >= 15 is 0 Å². The molecule has 1 aliphatic carbocycles. The van der Waals surface area contributed by atoms with E-state index in [2.05, 4.69) is 39.0 Å². The quantitative estimate of drug-likeness (QED) is 0.316. The maximum absolute atomic E-state index is 12.5. The number of hydrogen-bond acceptors (Lipinski definition) is 2. The second-order valence-electron chi connectivity index (χ2n) is 9.55. The molecule has 0 heterocycles. The molecule has 2 heteroatoms. The number of unbranched alkanes of at least 4 members (excludes halogenated alkanes) is 1. The van der Waals surface area contributed by atoms with Crippen molar-refractivity contribution in [1.29, 1.82) is 0 Å². The Morgan fingerprint density at radius 3 is 2.30 bits per heavy atom. The van der Waals surface area contributed by atoms with Gasteiger partial charge in [0.25, 0.3) is 0 Å². The largest absolute Gasteiger partial charge is 0.300 e. The van der Waals surface area contributed by atoms with Gasteiger partial charge in [-0.15, -0.1) is 0 Å². The monoisotopic (exact) mass is 412 g/mol. The molecule has 1 aromatic carbocycles. The standard InChI is InChI=1S/C28H44O2/c1-4-6-12-25-13-7-8-14-26(25)21-28(30)17-10-16-27(29)15-9-11-23-18-19-24(5-2)22(3)20-23/h18-20,25-26H,4-17,21H2,1-3H3. The highest BCUT2D eigenvalue weighted by molar-refractivity contribution is 5.81. The summed E-state index contributed by atoms with van der Waals surface area (Å²) in [4.78, 5) is 24.7. The fraction of sp³-hybridized carbons (Fsp3) is 0.714. The fourth-order valence-corrected chi connectivity index (χ4v) is 5.20. The molecule has 0 radical (unpaired) electrons. The van der Waals surface area contributed by atoms with Crippen LogP contribution in [0.5, 0.6) is 0 Å². The first-order valence-electron chi connectivity index (χ1n) is 12.6. The van der Waals surface area contributed by atoms with Crippen molar-refractivity contribution in [1.82, 2.24) is 0 Å². The molecular formula is C28H44O2. The lowest BCUT2D eigenvalue weighted by Crippen LogP contribution is -2.22. The van der Waals surface area contributed by atoms with Crippen LogP contribution in [0.3, 0.4) is 0 Å². The van der Waals surface area contributed by atoms with E-state index in [1.54, 1.807) is 0 Å². The van der Waals surface area contributed by atoms with Crippen LogP contribution < -0.4 is 0 Å². The van der Waals surface area contributed by atoms with Crippen molar-refractivity contribution in [2.45, 2.75) is 117 Å². The highest BCUT2D eigenvalue weighted by Gasteiger charge is 2.26. The van der Waals surface area contributed by atoms with Crippen LogP contribution in [0.25, 0.3) is 0 Å². The molecule has 0 bridgehead atoms. The van der Waals surface area contributed by atoms with Gasteiger partial charge in [-0.1, -0.05) is 70.6 Å². The first-order chi connectivity index (χ1) is 14.5. The number of hydrogen-bond donors (Lipinski definition) is 0.